The molecule has 0 saturated heterocycles. The molecule has 1 N–H and O–H groups in total. The van der Waals surface area contributed by atoms with Gasteiger partial charge in [0.25, 0.3) is 0 Å². The molecule has 0 radical (unpaired) electrons. The third-order valence-corrected chi connectivity index (χ3v) is 3.90. The van der Waals surface area contributed by atoms with E-state index in [1.165, 1.54) is 0 Å². The molecule has 6 heteroatoms. The highest BCUT2D eigenvalue weighted by molar-refractivity contribution is 6.16. The van der Waals surface area contributed by atoms with Crippen LogP contribution in [0.5, 0.6) is 0 Å². The topological polar surface area (TPSA) is 59.8 Å². The largest absolute Gasteiger partial charge is 0.353 e. The Morgan fingerprint density at radius 2 is 2.24 bits per heavy atom. The summed E-state index contributed by atoms with van der Waals surface area (Å²) in [6, 6.07) is 4.33. The number of aryl methyl sites for hydroxylation is 2. The summed E-state index contributed by atoms with van der Waals surface area (Å²) in [6.45, 7) is 2.67. The minimum atomic E-state index is 0.137. The predicted octanol–water partition coefficient (Wildman–Crippen LogP) is 2.54. The van der Waals surface area contributed by atoms with Crippen LogP contribution in [-0.2, 0) is 17.2 Å². The molecule has 2 aromatic heterocycles. The van der Waals surface area contributed by atoms with Crippen LogP contribution >= 0.6 is 11.6 Å². The lowest BCUT2D eigenvalue weighted by molar-refractivity contribution is -0.121. The monoisotopic (exact) mass is 306 g/mol. The van der Waals surface area contributed by atoms with E-state index in [2.05, 4.69) is 15.3 Å². The first kappa shape index (κ1) is 14.3. The lowest BCUT2D eigenvalue weighted by Gasteiger charge is -2.07. The van der Waals surface area contributed by atoms with Gasteiger partial charge in [-0.1, -0.05) is 0 Å². The number of nitrogens with one attached hydrogen (secondary N) is 1. The van der Waals surface area contributed by atoms with E-state index in [9.17, 15) is 4.79 Å². The lowest BCUT2D eigenvalue weighted by atomic mass is 10.3. The van der Waals surface area contributed by atoms with Gasteiger partial charge in [0.05, 0.1) is 5.88 Å². The predicted molar refractivity (Wildman–Crippen MR) is 82.2 cm³/mol. The second-order valence-corrected chi connectivity index (χ2v) is 5.82. The minimum Gasteiger partial charge on any atom is -0.353 e. The molecule has 21 heavy (non-hydrogen) atoms. The van der Waals surface area contributed by atoms with Crippen LogP contribution in [0.2, 0.25) is 0 Å². The van der Waals surface area contributed by atoms with Gasteiger partial charge in [-0.2, -0.15) is 0 Å². The van der Waals surface area contributed by atoms with E-state index < -0.39 is 0 Å². The van der Waals surface area contributed by atoms with Gasteiger partial charge in [-0.05, 0) is 38.3 Å². The molecular formula is C15H19ClN4O. The van der Waals surface area contributed by atoms with Crippen molar-refractivity contribution in [2.24, 2.45) is 0 Å². The second kappa shape index (κ2) is 6.02. The zero-order valence-corrected chi connectivity index (χ0v) is 12.9. The number of hydrogen-bond donors (Lipinski definition) is 1. The summed E-state index contributed by atoms with van der Waals surface area (Å²) in [6.07, 6.45) is 3.54. The number of pyridine rings is 1. The Balaban J connectivity index is 1.69. The number of halogens is 1. The molecule has 5 nitrogen and oxygen atoms in total. The molecule has 112 valence electrons. The van der Waals surface area contributed by atoms with Gasteiger partial charge in [-0.3, -0.25) is 4.79 Å². The van der Waals surface area contributed by atoms with Gasteiger partial charge >= 0.3 is 0 Å². The molecular weight excluding hydrogens is 288 g/mol. The van der Waals surface area contributed by atoms with Crippen LogP contribution in [0.25, 0.3) is 11.2 Å². The number of aromatic nitrogens is 3. The van der Waals surface area contributed by atoms with Crippen LogP contribution < -0.4 is 5.32 Å². The third-order valence-electron chi connectivity index (χ3n) is 3.66. The smallest absolute Gasteiger partial charge is 0.220 e. The number of carbonyl (C=O) groups excluding carboxylic acids is 1. The summed E-state index contributed by atoms with van der Waals surface area (Å²) in [5.74, 6) is 1.30. The van der Waals surface area contributed by atoms with Gasteiger partial charge in [-0.25, -0.2) is 9.97 Å². The molecule has 3 rings (SSSR count). The van der Waals surface area contributed by atoms with E-state index in [0.29, 0.717) is 24.9 Å². The quantitative estimate of drug-likeness (QED) is 0.834. The SMILES string of the molecule is Cc1ccc2nc(CCl)n(CCCC(=O)NC3CC3)c2n1. The Morgan fingerprint density at radius 1 is 1.43 bits per heavy atom. The van der Waals surface area contributed by atoms with E-state index in [0.717, 1.165) is 41.9 Å². The molecule has 0 bridgehead atoms. The number of carbonyl (C=O) groups is 1. The normalized spacial score (nSPS) is 14.6. The Labute approximate surface area is 128 Å². The van der Waals surface area contributed by atoms with Crippen molar-refractivity contribution in [3.63, 3.8) is 0 Å². The van der Waals surface area contributed by atoms with Crippen molar-refractivity contribution < 1.29 is 4.79 Å². The fraction of sp³-hybridized carbons (Fsp3) is 0.533. The lowest BCUT2D eigenvalue weighted by Crippen LogP contribution is -2.25. The first-order chi connectivity index (χ1) is 10.2. The van der Waals surface area contributed by atoms with Gasteiger partial charge < -0.3 is 9.88 Å². The standard InChI is InChI=1S/C15H19ClN4O/c1-10-4-7-12-15(17-10)20(13(9-16)19-12)8-2-3-14(21)18-11-5-6-11/h4,7,11H,2-3,5-6,8-9H2,1H3,(H,18,21). The zero-order valence-electron chi connectivity index (χ0n) is 12.1. The highest BCUT2D eigenvalue weighted by Gasteiger charge is 2.22. The molecule has 0 spiro atoms. The van der Waals surface area contributed by atoms with Crippen molar-refractivity contribution in [3.8, 4) is 0 Å². The highest BCUT2D eigenvalue weighted by Crippen LogP contribution is 2.19. The Kier molecular flexibility index (Phi) is 4.10. The van der Waals surface area contributed by atoms with Gasteiger partial charge in [0.15, 0.2) is 5.65 Å². The molecule has 0 atom stereocenters. The van der Waals surface area contributed by atoms with Crippen molar-refractivity contribution in [3.05, 3.63) is 23.7 Å². The number of rotatable bonds is 6. The van der Waals surface area contributed by atoms with Crippen LogP contribution in [0.3, 0.4) is 0 Å². The number of nitrogens with zero attached hydrogens (tertiary/aromatic N) is 3. The summed E-state index contributed by atoms with van der Waals surface area (Å²) in [5.41, 5.74) is 2.67. The van der Waals surface area contributed by atoms with Gasteiger partial charge in [0, 0.05) is 24.7 Å². The van der Waals surface area contributed by atoms with Gasteiger partial charge in [-0.15, -0.1) is 11.6 Å². The molecule has 1 fully saturated rings. The van der Waals surface area contributed by atoms with Crippen LogP contribution in [0, 0.1) is 6.92 Å². The van der Waals surface area contributed by atoms with Gasteiger partial charge in [0.2, 0.25) is 5.91 Å². The van der Waals surface area contributed by atoms with Crippen molar-refractivity contribution in [2.45, 2.75) is 51.1 Å². The summed E-state index contributed by atoms with van der Waals surface area (Å²) < 4.78 is 2.03. The summed E-state index contributed by atoms with van der Waals surface area (Å²) >= 11 is 5.97. The number of imidazole rings is 1. The average Bonchev–Trinajstić information content (AvgIpc) is 3.20. The molecule has 1 aliphatic rings. The molecule has 1 saturated carbocycles. The fourth-order valence-electron chi connectivity index (χ4n) is 2.41. The molecule has 0 aromatic carbocycles. The van der Waals surface area contributed by atoms with Crippen LogP contribution in [0.4, 0.5) is 0 Å². The first-order valence-electron chi connectivity index (χ1n) is 7.35. The maximum absolute atomic E-state index is 11.7. The summed E-state index contributed by atoms with van der Waals surface area (Å²) in [7, 11) is 0. The van der Waals surface area contributed by atoms with Crippen molar-refractivity contribution >= 4 is 28.7 Å². The molecule has 2 heterocycles. The van der Waals surface area contributed by atoms with Crippen LogP contribution in [0.1, 0.15) is 37.2 Å². The zero-order chi connectivity index (χ0) is 14.8. The Bertz CT molecular complexity index is 663. The maximum Gasteiger partial charge on any atom is 0.220 e. The number of alkyl halides is 1. The highest BCUT2D eigenvalue weighted by atomic mass is 35.5. The van der Waals surface area contributed by atoms with Crippen molar-refractivity contribution in [1.82, 2.24) is 19.9 Å². The number of amides is 1. The third kappa shape index (κ3) is 3.35. The maximum atomic E-state index is 11.7. The molecule has 0 unspecified atom stereocenters. The van der Waals surface area contributed by atoms with Crippen molar-refractivity contribution in [1.29, 1.82) is 0 Å². The van der Waals surface area contributed by atoms with E-state index in [4.69, 9.17) is 11.6 Å². The van der Waals surface area contributed by atoms with E-state index in [1.54, 1.807) is 0 Å². The van der Waals surface area contributed by atoms with E-state index >= 15 is 0 Å². The van der Waals surface area contributed by atoms with E-state index in [-0.39, 0.29) is 5.91 Å². The Hall–Kier alpha value is -1.62. The second-order valence-electron chi connectivity index (χ2n) is 5.55. The average molecular weight is 307 g/mol. The summed E-state index contributed by atoms with van der Waals surface area (Å²) in [4.78, 5) is 20.8. The first-order valence-corrected chi connectivity index (χ1v) is 7.89. The fourth-order valence-corrected chi connectivity index (χ4v) is 2.61. The number of hydrogen-bond acceptors (Lipinski definition) is 3. The summed E-state index contributed by atoms with van der Waals surface area (Å²) in [5, 5.41) is 3.00. The molecule has 2 aromatic rings. The van der Waals surface area contributed by atoms with Crippen LogP contribution in [-0.4, -0.2) is 26.5 Å². The van der Waals surface area contributed by atoms with Gasteiger partial charge in [0.1, 0.15) is 11.3 Å². The molecule has 1 amide bonds. The molecule has 0 aliphatic heterocycles. The Morgan fingerprint density at radius 3 is 2.95 bits per heavy atom. The van der Waals surface area contributed by atoms with Crippen LogP contribution in [0.15, 0.2) is 12.1 Å². The molecule has 1 aliphatic carbocycles. The van der Waals surface area contributed by atoms with Crippen molar-refractivity contribution in [2.75, 3.05) is 0 Å². The minimum absolute atomic E-state index is 0.137. The van der Waals surface area contributed by atoms with E-state index in [1.807, 2.05) is 23.6 Å². The number of fused-ring (bicyclic) bond motifs is 1.